The molecule has 1 amide bonds. The number of nitrogens with zero attached hydrogens (tertiary/aromatic N) is 1. The van der Waals surface area contributed by atoms with Gasteiger partial charge in [0.15, 0.2) is 0 Å². The van der Waals surface area contributed by atoms with Gasteiger partial charge in [0.05, 0.1) is 17.9 Å². The smallest absolute Gasteiger partial charge is 0.246 e. The first-order valence-corrected chi connectivity index (χ1v) is 7.07. The van der Waals surface area contributed by atoms with Crippen LogP contribution in [0.25, 0.3) is 0 Å². The predicted molar refractivity (Wildman–Crippen MR) is 77.8 cm³/mol. The molecular formula is C15H20N4O. The van der Waals surface area contributed by atoms with E-state index in [1.165, 1.54) is 0 Å². The van der Waals surface area contributed by atoms with E-state index in [0.717, 1.165) is 37.1 Å². The van der Waals surface area contributed by atoms with Gasteiger partial charge in [-0.3, -0.25) is 9.78 Å². The van der Waals surface area contributed by atoms with Crippen LogP contribution in [0, 0.1) is 0 Å². The number of carbonyl (C=O) groups is 1. The molecule has 1 aromatic heterocycles. The molecule has 1 unspecified atom stereocenters. The van der Waals surface area contributed by atoms with E-state index in [2.05, 4.69) is 22.2 Å². The minimum atomic E-state index is -0.415. The van der Waals surface area contributed by atoms with Gasteiger partial charge in [0.1, 0.15) is 5.54 Å². The number of nitrogens with two attached hydrogens (primary N) is 1. The first-order chi connectivity index (χ1) is 9.59. The first-order valence-electron chi connectivity index (χ1n) is 7.07. The number of pyridine rings is 1. The second kappa shape index (κ2) is 4.81. The van der Waals surface area contributed by atoms with Gasteiger partial charge in [-0.2, -0.15) is 0 Å². The predicted octanol–water partition coefficient (Wildman–Crippen LogP) is 1.12. The zero-order chi connectivity index (χ0) is 14.2. The molecule has 2 aliphatic rings. The van der Waals surface area contributed by atoms with Crippen LogP contribution in [0.4, 0.5) is 5.69 Å². The molecule has 106 valence electrons. The van der Waals surface area contributed by atoms with Gasteiger partial charge < -0.3 is 16.4 Å². The number of hydrogen-bond donors (Lipinski definition) is 3. The van der Waals surface area contributed by atoms with Crippen LogP contribution in [0.2, 0.25) is 0 Å². The Morgan fingerprint density at radius 3 is 2.80 bits per heavy atom. The van der Waals surface area contributed by atoms with Crippen LogP contribution < -0.4 is 16.4 Å². The summed E-state index contributed by atoms with van der Waals surface area (Å²) in [5.41, 5.74) is 7.63. The Kier molecular flexibility index (Phi) is 3.12. The van der Waals surface area contributed by atoms with Gasteiger partial charge in [0, 0.05) is 17.8 Å². The highest BCUT2D eigenvalue weighted by Gasteiger charge is 2.45. The molecule has 1 aliphatic heterocycles. The third-order valence-corrected chi connectivity index (χ3v) is 4.28. The van der Waals surface area contributed by atoms with Crippen molar-refractivity contribution >= 4 is 11.6 Å². The average molecular weight is 272 g/mol. The highest BCUT2D eigenvalue weighted by molar-refractivity contribution is 5.88. The monoisotopic (exact) mass is 272 g/mol. The van der Waals surface area contributed by atoms with Crippen LogP contribution in [0.5, 0.6) is 0 Å². The second-order valence-electron chi connectivity index (χ2n) is 5.75. The number of amides is 1. The Bertz CT molecular complexity index is 531. The molecule has 3 rings (SSSR count). The number of hydrogen-bond acceptors (Lipinski definition) is 4. The summed E-state index contributed by atoms with van der Waals surface area (Å²) in [5.74, 6) is 0.0999. The van der Waals surface area contributed by atoms with Crippen molar-refractivity contribution < 1.29 is 4.79 Å². The first kappa shape index (κ1) is 13.0. The molecule has 5 heteroatoms. The second-order valence-corrected chi connectivity index (χ2v) is 5.75. The molecule has 1 aromatic rings. The molecule has 0 bridgehead atoms. The van der Waals surface area contributed by atoms with Crippen LogP contribution >= 0.6 is 0 Å². The summed E-state index contributed by atoms with van der Waals surface area (Å²) in [6, 6.07) is 3.60. The maximum atomic E-state index is 12.4. The third kappa shape index (κ3) is 2.24. The van der Waals surface area contributed by atoms with Crippen molar-refractivity contribution in [2.45, 2.75) is 43.7 Å². The molecule has 2 heterocycles. The van der Waals surface area contributed by atoms with Crippen molar-refractivity contribution in [3.63, 3.8) is 0 Å². The van der Waals surface area contributed by atoms with E-state index >= 15 is 0 Å². The largest absolute Gasteiger partial charge is 0.397 e. The summed E-state index contributed by atoms with van der Waals surface area (Å²) in [7, 11) is 0. The fourth-order valence-electron chi connectivity index (χ4n) is 3.11. The number of aromatic nitrogens is 1. The van der Waals surface area contributed by atoms with Crippen molar-refractivity contribution in [1.29, 1.82) is 0 Å². The van der Waals surface area contributed by atoms with E-state index in [4.69, 9.17) is 5.73 Å². The van der Waals surface area contributed by atoms with Gasteiger partial charge in [-0.05, 0) is 25.0 Å². The van der Waals surface area contributed by atoms with Gasteiger partial charge in [-0.15, -0.1) is 0 Å². The number of rotatable bonds is 2. The molecule has 1 aliphatic carbocycles. The molecule has 2 fully saturated rings. The maximum Gasteiger partial charge on any atom is 0.246 e. The van der Waals surface area contributed by atoms with E-state index in [9.17, 15) is 4.79 Å². The number of nitrogen functional groups attached to an aromatic ring is 1. The van der Waals surface area contributed by atoms with Crippen LogP contribution in [0.15, 0.2) is 30.6 Å². The molecule has 1 saturated carbocycles. The molecule has 5 nitrogen and oxygen atoms in total. The van der Waals surface area contributed by atoms with Crippen LogP contribution in [0.1, 0.15) is 31.4 Å². The lowest BCUT2D eigenvalue weighted by Crippen LogP contribution is -2.64. The van der Waals surface area contributed by atoms with Crippen LogP contribution in [0.3, 0.4) is 0 Å². The lowest BCUT2D eigenvalue weighted by molar-refractivity contribution is -0.129. The van der Waals surface area contributed by atoms with E-state index in [1.54, 1.807) is 6.20 Å². The van der Waals surface area contributed by atoms with Gasteiger partial charge >= 0.3 is 0 Å². The number of piperazine rings is 1. The Hall–Kier alpha value is -2.04. The normalized spacial score (nSPS) is 24.5. The van der Waals surface area contributed by atoms with E-state index in [1.807, 2.05) is 12.1 Å². The van der Waals surface area contributed by atoms with Crippen molar-refractivity contribution in [2.75, 3.05) is 5.73 Å². The van der Waals surface area contributed by atoms with E-state index in [0.29, 0.717) is 12.1 Å². The fraction of sp³-hybridized carbons (Fsp3) is 0.467. The van der Waals surface area contributed by atoms with E-state index < -0.39 is 5.54 Å². The zero-order valence-corrected chi connectivity index (χ0v) is 11.5. The van der Waals surface area contributed by atoms with Crippen molar-refractivity contribution in [2.24, 2.45) is 0 Å². The van der Waals surface area contributed by atoms with Gasteiger partial charge in [0.2, 0.25) is 5.91 Å². The Balaban J connectivity index is 1.71. The minimum absolute atomic E-state index is 0.0999. The molecule has 20 heavy (non-hydrogen) atoms. The molecule has 1 saturated heterocycles. The summed E-state index contributed by atoms with van der Waals surface area (Å²) in [6.45, 7) is 4.08. The summed E-state index contributed by atoms with van der Waals surface area (Å²) < 4.78 is 0. The fourth-order valence-corrected chi connectivity index (χ4v) is 3.11. The summed E-state index contributed by atoms with van der Waals surface area (Å²) >= 11 is 0. The average Bonchev–Trinajstić information content (AvgIpc) is 2.88. The lowest BCUT2D eigenvalue weighted by atomic mass is 9.90. The SMILES string of the molecule is C=C1NC2(CCCC2)C(=O)NC1Cc1ccc(N)cn1. The lowest BCUT2D eigenvalue weighted by Gasteiger charge is -2.40. The molecule has 1 spiro atoms. The Labute approximate surface area is 118 Å². The standard InChI is InChI=1S/C15H20N4O/c1-10-13(8-12-5-4-11(16)9-17-12)18-14(20)15(19-10)6-2-3-7-15/h4-5,9,13,19H,1-3,6-8,16H2,(H,18,20). The Morgan fingerprint density at radius 1 is 1.40 bits per heavy atom. The van der Waals surface area contributed by atoms with Crippen LogP contribution in [-0.4, -0.2) is 22.5 Å². The summed E-state index contributed by atoms with van der Waals surface area (Å²) in [6.07, 6.45) is 6.24. The van der Waals surface area contributed by atoms with Crippen molar-refractivity contribution in [3.8, 4) is 0 Å². The minimum Gasteiger partial charge on any atom is -0.397 e. The third-order valence-electron chi connectivity index (χ3n) is 4.28. The zero-order valence-electron chi connectivity index (χ0n) is 11.5. The van der Waals surface area contributed by atoms with Gasteiger partial charge in [-0.25, -0.2) is 0 Å². The van der Waals surface area contributed by atoms with E-state index in [-0.39, 0.29) is 11.9 Å². The molecule has 0 radical (unpaired) electrons. The quantitative estimate of drug-likeness (QED) is 0.753. The number of carbonyl (C=O) groups excluding carboxylic acids is 1. The molecule has 0 aromatic carbocycles. The van der Waals surface area contributed by atoms with Crippen LogP contribution in [-0.2, 0) is 11.2 Å². The van der Waals surface area contributed by atoms with Gasteiger partial charge in [-0.1, -0.05) is 19.4 Å². The maximum absolute atomic E-state index is 12.4. The molecular weight excluding hydrogens is 252 g/mol. The topological polar surface area (TPSA) is 80.0 Å². The summed E-state index contributed by atoms with van der Waals surface area (Å²) in [5, 5.41) is 6.45. The Morgan fingerprint density at radius 2 is 2.15 bits per heavy atom. The highest BCUT2D eigenvalue weighted by Crippen LogP contribution is 2.33. The van der Waals surface area contributed by atoms with Gasteiger partial charge in [0.25, 0.3) is 0 Å². The number of anilines is 1. The molecule has 1 atom stereocenters. The highest BCUT2D eigenvalue weighted by atomic mass is 16.2. The number of nitrogens with one attached hydrogen (secondary N) is 2. The van der Waals surface area contributed by atoms with Crippen molar-refractivity contribution in [1.82, 2.24) is 15.6 Å². The summed E-state index contributed by atoms with van der Waals surface area (Å²) in [4.78, 5) is 16.6. The van der Waals surface area contributed by atoms with Crippen molar-refractivity contribution in [3.05, 3.63) is 36.3 Å². The molecule has 4 N–H and O–H groups in total.